The molecule has 1 unspecified atom stereocenters. The van der Waals surface area contributed by atoms with Crippen molar-refractivity contribution >= 4 is 5.91 Å². The second-order valence-electron chi connectivity index (χ2n) is 7.48. The summed E-state index contributed by atoms with van der Waals surface area (Å²) in [7, 11) is 0. The molecule has 0 aliphatic heterocycles. The number of hydrogen-bond donors (Lipinski definition) is 4. The number of aliphatic hydroxyl groups is 3. The molecule has 5 N–H and O–H groups in total. The van der Waals surface area contributed by atoms with Gasteiger partial charge >= 0.3 is 0 Å². The summed E-state index contributed by atoms with van der Waals surface area (Å²) in [6.07, 6.45) is 11.7. The molecule has 5 atom stereocenters. The molecule has 0 spiro atoms. The van der Waals surface area contributed by atoms with E-state index in [9.17, 15) is 20.1 Å². The lowest BCUT2D eigenvalue weighted by Gasteiger charge is -2.21. The van der Waals surface area contributed by atoms with Crippen molar-refractivity contribution in [3.63, 3.8) is 0 Å². The largest absolute Gasteiger partial charge is 0.393 e. The lowest BCUT2D eigenvalue weighted by molar-refractivity contribution is -0.118. The van der Waals surface area contributed by atoms with Gasteiger partial charge in [0.15, 0.2) is 0 Å². The molecule has 1 amide bonds. The van der Waals surface area contributed by atoms with Crippen LogP contribution in [0.3, 0.4) is 0 Å². The van der Waals surface area contributed by atoms with Crippen molar-refractivity contribution in [2.45, 2.75) is 95.9 Å². The van der Waals surface area contributed by atoms with E-state index in [0.29, 0.717) is 12.8 Å². The summed E-state index contributed by atoms with van der Waals surface area (Å²) in [5, 5.41) is 30.5. The van der Waals surface area contributed by atoms with Crippen molar-refractivity contribution in [3.8, 4) is 0 Å². The molecule has 1 aliphatic carbocycles. The van der Waals surface area contributed by atoms with Crippen molar-refractivity contribution in [2.24, 2.45) is 17.6 Å². The van der Waals surface area contributed by atoms with Gasteiger partial charge in [-0.15, -0.1) is 0 Å². The smallest absolute Gasteiger partial charge is 0.217 e. The average molecular weight is 356 g/mol. The van der Waals surface area contributed by atoms with Gasteiger partial charge in [0.2, 0.25) is 5.91 Å². The molecule has 0 aromatic heterocycles. The number of primary amides is 1. The number of amides is 1. The highest BCUT2D eigenvalue weighted by molar-refractivity contribution is 5.73. The van der Waals surface area contributed by atoms with Gasteiger partial charge in [0.1, 0.15) is 0 Å². The van der Waals surface area contributed by atoms with Gasteiger partial charge < -0.3 is 21.1 Å². The minimum Gasteiger partial charge on any atom is -0.393 e. The molecule has 1 saturated carbocycles. The van der Waals surface area contributed by atoms with Crippen molar-refractivity contribution in [1.82, 2.24) is 0 Å². The normalized spacial score (nSPS) is 27.8. The first-order chi connectivity index (χ1) is 12.0. The van der Waals surface area contributed by atoms with E-state index in [1.54, 1.807) is 6.08 Å². The van der Waals surface area contributed by atoms with Crippen LogP contribution >= 0.6 is 0 Å². The average Bonchev–Trinajstić information content (AvgIpc) is 2.82. The third kappa shape index (κ3) is 8.84. The molecule has 0 aromatic rings. The Balaban J connectivity index is 2.38. The number of nitrogens with two attached hydrogens (primary N) is 1. The molecule has 5 nitrogen and oxygen atoms in total. The topological polar surface area (TPSA) is 104 Å². The highest BCUT2D eigenvalue weighted by atomic mass is 16.3. The first kappa shape index (κ1) is 22.1. The van der Waals surface area contributed by atoms with E-state index in [0.717, 1.165) is 57.8 Å². The minimum absolute atomic E-state index is 0.0465. The summed E-state index contributed by atoms with van der Waals surface area (Å²) in [5.41, 5.74) is 5.13. The summed E-state index contributed by atoms with van der Waals surface area (Å²) in [6, 6.07) is 0. The number of unbranched alkanes of at least 4 members (excludes halogenated alkanes) is 5. The first-order valence-corrected chi connectivity index (χ1v) is 9.96. The summed E-state index contributed by atoms with van der Waals surface area (Å²) >= 11 is 0. The molecule has 0 aromatic carbocycles. The third-order valence-electron chi connectivity index (χ3n) is 5.29. The zero-order valence-corrected chi connectivity index (χ0v) is 15.6. The Bertz CT molecular complexity index is 399. The van der Waals surface area contributed by atoms with E-state index in [1.807, 2.05) is 6.08 Å². The van der Waals surface area contributed by atoms with Crippen LogP contribution in [0.1, 0.15) is 77.6 Å². The van der Waals surface area contributed by atoms with E-state index in [4.69, 9.17) is 5.73 Å². The van der Waals surface area contributed by atoms with Gasteiger partial charge in [-0.05, 0) is 25.2 Å². The molecule has 0 saturated heterocycles. The Labute approximate surface area is 152 Å². The molecule has 1 aliphatic rings. The number of hydrogen-bond acceptors (Lipinski definition) is 4. The van der Waals surface area contributed by atoms with Crippen molar-refractivity contribution < 1.29 is 20.1 Å². The van der Waals surface area contributed by atoms with Crippen LogP contribution in [0.15, 0.2) is 12.2 Å². The van der Waals surface area contributed by atoms with Gasteiger partial charge in [-0.25, -0.2) is 0 Å². The summed E-state index contributed by atoms with van der Waals surface area (Å²) in [4.78, 5) is 10.7. The van der Waals surface area contributed by atoms with Gasteiger partial charge in [-0.2, -0.15) is 0 Å². The predicted molar refractivity (Wildman–Crippen MR) is 99.8 cm³/mol. The van der Waals surface area contributed by atoms with Crippen LogP contribution in [0.5, 0.6) is 0 Å². The minimum atomic E-state index is -0.533. The van der Waals surface area contributed by atoms with E-state index >= 15 is 0 Å². The van der Waals surface area contributed by atoms with Gasteiger partial charge in [-0.1, -0.05) is 57.6 Å². The summed E-state index contributed by atoms with van der Waals surface area (Å²) < 4.78 is 0. The predicted octanol–water partition coefficient (Wildman–Crippen LogP) is 2.67. The van der Waals surface area contributed by atoms with Crippen molar-refractivity contribution in [3.05, 3.63) is 12.2 Å². The molecule has 0 heterocycles. The summed E-state index contributed by atoms with van der Waals surface area (Å²) in [6.45, 7) is 2.14. The van der Waals surface area contributed by atoms with Crippen molar-refractivity contribution in [1.29, 1.82) is 0 Å². The Morgan fingerprint density at radius 3 is 2.52 bits per heavy atom. The maximum absolute atomic E-state index is 10.7. The summed E-state index contributed by atoms with van der Waals surface area (Å²) in [5.74, 6) is -0.288. The molecular formula is C20H37NO4. The van der Waals surface area contributed by atoms with Gasteiger partial charge in [0.25, 0.3) is 0 Å². The van der Waals surface area contributed by atoms with Crippen LogP contribution in [0.4, 0.5) is 0 Å². The maximum atomic E-state index is 10.7. The molecule has 1 fully saturated rings. The van der Waals surface area contributed by atoms with E-state index < -0.39 is 18.3 Å². The fourth-order valence-corrected chi connectivity index (χ4v) is 3.77. The zero-order valence-electron chi connectivity index (χ0n) is 15.6. The molecule has 1 rings (SSSR count). The Morgan fingerprint density at radius 1 is 1.12 bits per heavy atom. The Kier molecular flexibility index (Phi) is 11.0. The highest BCUT2D eigenvalue weighted by Gasteiger charge is 2.39. The Hall–Kier alpha value is -0.910. The fourth-order valence-electron chi connectivity index (χ4n) is 3.77. The van der Waals surface area contributed by atoms with Gasteiger partial charge in [0, 0.05) is 18.8 Å². The second-order valence-corrected chi connectivity index (χ2v) is 7.48. The number of carbonyl (C=O) groups is 1. The van der Waals surface area contributed by atoms with E-state index in [-0.39, 0.29) is 17.7 Å². The number of rotatable bonds is 13. The third-order valence-corrected chi connectivity index (χ3v) is 5.29. The van der Waals surface area contributed by atoms with Crippen LogP contribution in [-0.4, -0.2) is 39.5 Å². The van der Waals surface area contributed by atoms with Gasteiger partial charge in [0.05, 0.1) is 18.3 Å². The van der Waals surface area contributed by atoms with Crippen LogP contribution in [0.25, 0.3) is 0 Å². The maximum Gasteiger partial charge on any atom is 0.217 e. The van der Waals surface area contributed by atoms with E-state index in [2.05, 4.69) is 6.92 Å². The monoisotopic (exact) mass is 355 g/mol. The van der Waals surface area contributed by atoms with Gasteiger partial charge in [-0.3, -0.25) is 4.79 Å². The van der Waals surface area contributed by atoms with Crippen LogP contribution in [-0.2, 0) is 4.79 Å². The van der Waals surface area contributed by atoms with E-state index in [1.165, 1.54) is 0 Å². The lowest BCUT2D eigenvalue weighted by Crippen LogP contribution is -2.21. The first-order valence-electron chi connectivity index (χ1n) is 9.96. The zero-order chi connectivity index (χ0) is 18.7. The van der Waals surface area contributed by atoms with Crippen LogP contribution < -0.4 is 5.73 Å². The number of aliphatic hydroxyl groups excluding tert-OH is 3. The molecule has 0 radical (unpaired) electrons. The molecule has 0 bridgehead atoms. The number of carbonyl (C=O) groups excluding carboxylic acids is 1. The molecular weight excluding hydrogens is 318 g/mol. The van der Waals surface area contributed by atoms with Crippen molar-refractivity contribution in [2.75, 3.05) is 0 Å². The molecule has 146 valence electrons. The second kappa shape index (κ2) is 12.4. The highest BCUT2D eigenvalue weighted by Crippen LogP contribution is 2.37. The SMILES string of the molecule is CCCCC[C@H](O)/C=C/[C@@H]1C(CCCCCCC(N)=O)[C@@H](O)C[C@H]1O. The standard InChI is InChI=1S/C20H37NO4/c1-2-3-6-9-15(22)12-13-17-16(18(23)14-19(17)24)10-7-4-5-8-11-20(21)25/h12-13,15-19,22-24H,2-11,14H2,1H3,(H2,21,25)/b13-12+/t15-,16?,17+,18-,19+/m0/s1. The van der Waals surface area contributed by atoms with Crippen LogP contribution in [0, 0.1) is 11.8 Å². The molecule has 25 heavy (non-hydrogen) atoms. The van der Waals surface area contributed by atoms with Crippen LogP contribution in [0.2, 0.25) is 0 Å². The Morgan fingerprint density at radius 2 is 1.84 bits per heavy atom. The molecule has 5 heteroatoms. The lowest BCUT2D eigenvalue weighted by atomic mass is 9.88. The quantitative estimate of drug-likeness (QED) is 0.301. The fraction of sp³-hybridized carbons (Fsp3) is 0.850.